The highest BCUT2D eigenvalue weighted by Crippen LogP contribution is 2.23. The second-order valence-corrected chi connectivity index (χ2v) is 3.47. The van der Waals surface area contributed by atoms with Crippen LogP contribution in [0.2, 0.25) is 0 Å². The molecule has 3 heteroatoms. The molecule has 3 nitrogen and oxygen atoms in total. The van der Waals surface area contributed by atoms with Gasteiger partial charge < -0.3 is 4.74 Å². The van der Waals surface area contributed by atoms with Crippen molar-refractivity contribution in [3.05, 3.63) is 23.3 Å². The number of ketones is 1. The second kappa shape index (κ2) is 4.22. The van der Waals surface area contributed by atoms with E-state index in [4.69, 9.17) is 0 Å². The summed E-state index contributed by atoms with van der Waals surface area (Å²) < 4.78 is 4.62. The summed E-state index contributed by atoms with van der Waals surface area (Å²) >= 11 is 0. The van der Waals surface area contributed by atoms with E-state index in [1.54, 1.807) is 0 Å². The number of rotatable bonds is 2. The molecule has 76 valence electrons. The Morgan fingerprint density at radius 2 is 1.93 bits per heavy atom. The molecule has 0 spiro atoms. The van der Waals surface area contributed by atoms with Gasteiger partial charge in [-0.1, -0.05) is 19.1 Å². The van der Waals surface area contributed by atoms with Gasteiger partial charge in [0.15, 0.2) is 5.78 Å². The molecule has 0 aromatic rings. The third-order valence-electron chi connectivity index (χ3n) is 2.21. The van der Waals surface area contributed by atoms with E-state index in [-0.39, 0.29) is 17.7 Å². The van der Waals surface area contributed by atoms with Crippen LogP contribution in [0.25, 0.3) is 0 Å². The van der Waals surface area contributed by atoms with E-state index in [0.717, 1.165) is 0 Å². The van der Waals surface area contributed by atoms with Crippen LogP contribution in [0.15, 0.2) is 23.3 Å². The Morgan fingerprint density at radius 3 is 2.43 bits per heavy atom. The number of hydrogen-bond donors (Lipinski definition) is 0. The highest BCUT2D eigenvalue weighted by molar-refractivity contribution is 5.98. The zero-order valence-corrected chi connectivity index (χ0v) is 8.66. The maximum Gasteiger partial charge on any atom is 0.333 e. The van der Waals surface area contributed by atoms with Gasteiger partial charge in [-0.2, -0.15) is 0 Å². The fourth-order valence-electron chi connectivity index (χ4n) is 1.52. The van der Waals surface area contributed by atoms with E-state index < -0.39 is 0 Å². The topological polar surface area (TPSA) is 43.4 Å². The third kappa shape index (κ3) is 2.31. The van der Waals surface area contributed by atoms with Crippen LogP contribution in [-0.4, -0.2) is 18.9 Å². The summed E-state index contributed by atoms with van der Waals surface area (Å²) in [5.74, 6) is -0.202. The van der Waals surface area contributed by atoms with Crippen molar-refractivity contribution in [3.8, 4) is 0 Å². The molecule has 1 atom stereocenters. The Hall–Kier alpha value is -1.38. The van der Waals surface area contributed by atoms with Crippen LogP contribution in [0.3, 0.4) is 0 Å². The average Bonchev–Trinajstić information content (AvgIpc) is 2.15. The highest BCUT2D eigenvalue weighted by Gasteiger charge is 2.19. The zero-order valence-electron chi connectivity index (χ0n) is 8.66. The summed E-state index contributed by atoms with van der Waals surface area (Å²) in [6, 6.07) is 0. The molecule has 0 saturated carbocycles. The number of esters is 1. The van der Waals surface area contributed by atoms with Gasteiger partial charge in [0, 0.05) is 12.0 Å². The Labute approximate surface area is 83.4 Å². The summed E-state index contributed by atoms with van der Waals surface area (Å²) in [7, 11) is 1.35. The van der Waals surface area contributed by atoms with Gasteiger partial charge in [-0.25, -0.2) is 4.79 Å². The maximum atomic E-state index is 11.3. The predicted octanol–water partition coefficient (Wildman–Crippen LogP) is 1.64. The largest absolute Gasteiger partial charge is 0.466 e. The number of Topliss-reactive ketones (excluding diaryl/α,β-unsaturated/α-hetero) is 1. The number of ether oxygens (including phenoxy) is 1. The summed E-state index contributed by atoms with van der Waals surface area (Å²) in [5, 5.41) is 0. The standard InChI is InChI=1S/C11H14O3/c1-7-4-9(8(2)12)6-10(5-7)11(13)14-3/h4-5,7H,6H2,1-3H3. The van der Waals surface area contributed by atoms with Gasteiger partial charge in [-0.15, -0.1) is 0 Å². The van der Waals surface area contributed by atoms with Crippen LogP contribution in [0, 0.1) is 5.92 Å². The molecule has 0 N–H and O–H groups in total. The van der Waals surface area contributed by atoms with E-state index in [9.17, 15) is 9.59 Å². The molecule has 0 saturated heterocycles. The normalized spacial score (nSPS) is 20.9. The molecule has 0 heterocycles. The lowest BCUT2D eigenvalue weighted by molar-refractivity contribution is -0.136. The van der Waals surface area contributed by atoms with Crippen LogP contribution in [0.5, 0.6) is 0 Å². The number of carbonyl (C=O) groups excluding carboxylic acids is 2. The monoisotopic (exact) mass is 194 g/mol. The molecule has 0 aromatic carbocycles. The number of methoxy groups -OCH3 is 1. The molecule has 1 aliphatic rings. The first-order chi connectivity index (χ1) is 6.54. The van der Waals surface area contributed by atoms with Gasteiger partial charge in [0.05, 0.1) is 7.11 Å². The van der Waals surface area contributed by atoms with Gasteiger partial charge >= 0.3 is 5.97 Å². The molecule has 1 rings (SSSR count). The van der Waals surface area contributed by atoms with Crippen molar-refractivity contribution >= 4 is 11.8 Å². The SMILES string of the molecule is COC(=O)C1=CC(C)C=C(C(C)=O)C1. The minimum atomic E-state index is -0.344. The van der Waals surface area contributed by atoms with Crippen LogP contribution in [0.4, 0.5) is 0 Å². The maximum absolute atomic E-state index is 11.3. The lowest BCUT2D eigenvalue weighted by Gasteiger charge is -2.15. The van der Waals surface area contributed by atoms with E-state index in [2.05, 4.69) is 4.74 Å². The first-order valence-corrected chi connectivity index (χ1v) is 4.55. The molecule has 0 radical (unpaired) electrons. The second-order valence-electron chi connectivity index (χ2n) is 3.47. The number of hydrogen-bond acceptors (Lipinski definition) is 3. The minimum Gasteiger partial charge on any atom is -0.466 e. The Balaban J connectivity index is 2.85. The van der Waals surface area contributed by atoms with Crippen LogP contribution >= 0.6 is 0 Å². The smallest absolute Gasteiger partial charge is 0.333 e. The van der Waals surface area contributed by atoms with E-state index in [1.807, 2.05) is 19.1 Å². The van der Waals surface area contributed by atoms with Crippen molar-refractivity contribution in [2.45, 2.75) is 20.3 Å². The lowest BCUT2D eigenvalue weighted by atomic mass is 9.90. The van der Waals surface area contributed by atoms with E-state index in [0.29, 0.717) is 17.6 Å². The van der Waals surface area contributed by atoms with E-state index in [1.165, 1.54) is 14.0 Å². The van der Waals surface area contributed by atoms with Crippen molar-refractivity contribution < 1.29 is 14.3 Å². The molecule has 14 heavy (non-hydrogen) atoms. The van der Waals surface area contributed by atoms with Crippen LogP contribution in [-0.2, 0) is 14.3 Å². The molecule has 0 aliphatic heterocycles. The van der Waals surface area contributed by atoms with Crippen molar-refractivity contribution in [2.24, 2.45) is 5.92 Å². The lowest BCUT2D eigenvalue weighted by Crippen LogP contribution is -2.13. The predicted molar refractivity (Wildman–Crippen MR) is 52.6 cm³/mol. The van der Waals surface area contributed by atoms with Gasteiger partial charge in [-0.3, -0.25) is 4.79 Å². The first kappa shape index (κ1) is 10.7. The molecule has 0 aromatic heterocycles. The van der Waals surface area contributed by atoms with Crippen molar-refractivity contribution in [1.82, 2.24) is 0 Å². The number of carbonyl (C=O) groups is 2. The summed E-state index contributed by atoms with van der Waals surface area (Å²) in [5.41, 5.74) is 1.27. The van der Waals surface area contributed by atoms with Crippen molar-refractivity contribution in [1.29, 1.82) is 0 Å². The molecule has 1 unspecified atom stereocenters. The van der Waals surface area contributed by atoms with Crippen LogP contribution in [0.1, 0.15) is 20.3 Å². The van der Waals surface area contributed by atoms with Gasteiger partial charge in [0.25, 0.3) is 0 Å². The van der Waals surface area contributed by atoms with Crippen molar-refractivity contribution in [2.75, 3.05) is 7.11 Å². The first-order valence-electron chi connectivity index (χ1n) is 4.55. The molecular formula is C11H14O3. The quantitative estimate of drug-likeness (QED) is 0.628. The zero-order chi connectivity index (χ0) is 10.7. The molecule has 0 amide bonds. The molecule has 0 fully saturated rings. The molecule has 1 aliphatic carbocycles. The Morgan fingerprint density at radius 1 is 1.36 bits per heavy atom. The molecule has 0 bridgehead atoms. The summed E-state index contributed by atoms with van der Waals surface area (Å²) in [6.07, 6.45) is 4.11. The molecular weight excluding hydrogens is 180 g/mol. The highest BCUT2D eigenvalue weighted by atomic mass is 16.5. The van der Waals surface area contributed by atoms with Gasteiger partial charge in [0.1, 0.15) is 0 Å². The third-order valence-corrected chi connectivity index (χ3v) is 2.21. The van der Waals surface area contributed by atoms with Gasteiger partial charge in [0.2, 0.25) is 0 Å². The summed E-state index contributed by atoms with van der Waals surface area (Å²) in [6.45, 7) is 3.45. The van der Waals surface area contributed by atoms with Crippen LogP contribution < -0.4 is 0 Å². The Bertz CT molecular complexity index is 323. The number of allylic oxidation sites excluding steroid dienone is 3. The van der Waals surface area contributed by atoms with E-state index >= 15 is 0 Å². The van der Waals surface area contributed by atoms with Gasteiger partial charge in [-0.05, 0) is 18.4 Å². The van der Waals surface area contributed by atoms with Crippen molar-refractivity contribution in [3.63, 3.8) is 0 Å². The summed E-state index contributed by atoms with van der Waals surface area (Å²) in [4.78, 5) is 22.4. The fraction of sp³-hybridized carbons (Fsp3) is 0.455. The minimum absolute atomic E-state index is 0.0198. The fourth-order valence-corrected chi connectivity index (χ4v) is 1.52. The Kier molecular flexibility index (Phi) is 3.23. The average molecular weight is 194 g/mol.